The molecular weight excluding hydrogens is 180 g/mol. The molecule has 1 aliphatic heterocycles. The number of thiazole rings is 1. The molecule has 0 radical (unpaired) electrons. The number of anilines is 1. The molecule has 0 spiro atoms. The van der Waals surface area contributed by atoms with Crippen LogP contribution in [0.15, 0.2) is 48.4 Å². The molecule has 0 fully saturated rings. The molecule has 0 atom stereocenters. The predicted molar refractivity (Wildman–Crippen MR) is 55.4 cm³/mol. The Balaban J connectivity index is 2.26. The summed E-state index contributed by atoms with van der Waals surface area (Å²) in [5, 5.41) is 1.22. The molecule has 0 unspecified atom stereocenters. The lowest BCUT2D eigenvalue weighted by atomic mass is 10.5. The minimum Gasteiger partial charge on any atom is -0.310 e. The fourth-order valence-corrected chi connectivity index (χ4v) is 1.92. The summed E-state index contributed by atoms with van der Waals surface area (Å²) in [5.74, 6) is 0. The van der Waals surface area contributed by atoms with Gasteiger partial charge in [0.25, 0.3) is 0 Å². The van der Waals surface area contributed by atoms with Gasteiger partial charge in [0.2, 0.25) is 11.7 Å². The van der Waals surface area contributed by atoms with Crippen LogP contribution in [0.5, 0.6) is 0 Å². The molecule has 2 nitrogen and oxygen atoms in total. The summed E-state index contributed by atoms with van der Waals surface area (Å²) in [6.07, 6.45) is 14.3. The van der Waals surface area contributed by atoms with Crippen LogP contribution in [0.3, 0.4) is 0 Å². The maximum absolute atomic E-state index is 2.10. The molecule has 2 rings (SSSR count). The van der Waals surface area contributed by atoms with Crippen molar-refractivity contribution in [1.29, 1.82) is 0 Å². The van der Waals surface area contributed by atoms with Crippen LogP contribution in [-0.2, 0) is 7.05 Å². The van der Waals surface area contributed by atoms with Gasteiger partial charge in [0.15, 0.2) is 5.00 Å². The van der Waals surface area contributed by atoms with Crippen LogP contribution in [-0.4, -0.2) is 0 Å². The summed E-state index contributed by atoms with van der Waals surface area (Å²) < 4.78 is 2.06. The van der Waals surface area contributed by atoms with E-state index in [1.165, 1.54) is 5.00 Å². The van der Waals surface area contributed by atoms with Crippen molar-refractivity contribution in [2.24, 2.45) is 7.05 Å². The van der Waals surface area contributed by atoms with Crippen molar-refractivity contribution in [2.45, 2.75) is 0 Å². The Labute approximate surface area is 81.7 Å². The summed E-state index contributed by atoms with van der Waals surface area (Å²) in [4.78, 5) is 2.10. The van der Waals surface area contributed by atoms with E-state index in [4.69, 9.17) is 0 Å². The van der Waals surface area contributed by atoms with Gasteiger partial charge in [-0.25, -0.2) is 0 Å². The second-order valence-corrected chi connectivity index (χ2v) is 3.70. The highest BCUT2D eigenvalue weighted by Gasteiger charge is 2.06. The van der Waals surface area contributed by atoms with Crippen molar-refractivity contribution in [2.75, 3.05) is 4.90 Å². The molecule has 0 aromatic carbocycles. The quantitative estimate of drug-likeness (QED) is 0.616. The van der Waals surface area contributed by atoms with Crippen molar-refractivity contribution in [3.63, 3.8) is 0 Å². The van der Waals surface area contributed by atoms with Crippen molar-refractivity contribution in [1.82, 2.24) is 0 Å². The van der Waals surface area contributed by atoms with E-state index in [9.17, 15) is 0 Å². The highest BCUT2D eigenvalue weighted by molar-refractivity contribution is 7.13. The van der Waals surface area contributed by atoms with E-state index < -0.39 is 0 Å². The third-order valence-electron chi connectivity index (χ3n) is 1.73. The first-order valence-corrected chi connectivity index (χ1v) is 4.98. The van der Waals surface area contributed by atoms with E-state index in [0.717, 1.165) is 0 Å². The molecule has 0 aliphatic carbocycles. The van der Waals surface area contributed by atoms with Crippen LogP contribution in [0.4, 0.5) is 5.00 Å². The van der Waals surface area contributed by atoms with Crippen LogP contribution >= 0.6 is 11.3 Å². The number of hydrogen-bond donors (Lipinski definition) is 0. The average Bonchev–Trinajstić information content (AvgIpc) is 2.43. The Morgan fingerprint density at radius 1 is 1.15 bits per heavy atom. The summed E-state index contributed by atoms with van der Waals surface area (Å²) >= 11 is 1.72. The zero-order valence-corrected chi connectivity index (χ0v) is 8.24. The number of aromatic nitrogens is 1. The zero-order valence-electron chi connectivity index (χ0n) is 7.42. The Hall–Kier alpha value is -1.35. The molecule has 66 valence electrons. The van der Waals surface area contributed by atoms with Gasteiger partial charge in [-0.05, 0) is 12.2 Å². The number of nitrogens with zero attached hydrogens (tertiary/aromatic N) is 2. The lowest BCUT2D eigenvalue weighted by Crippen LogP contribution is -2.23. The van der Waals surface area contributed by atoms with Gasteiger partial charge in [-0.15, -0.1) is 0 Å². The van der Waals surface area contributed by atoms with Gasteiger partial charge in [0, 0.05) is 12.4 Å². The van der Waals surface area contributed by atoms with Crippen molar-refractivity contribution in [3.8, 4) is 0 Å². The van der Waals surface area contributed by atoms with Gasteiger partial charge in [0.05, 0.1) is 0 Å². The molecule has 13 heavy (non-hydrogen) atoms. The third kappa shape index (κ3) is 1.87. The van der Waals surface area contributed by atoms with Crippen molar-refractivity contribution in [3.05, 3.63) is 48.4 Å². The maximum Gasteiger partial charge on any atom is 0.226 e. The topological polar surface area (TPSA) is 7.12 Å². The number of allylic oxidation sites excluding steroid dienone is 4. The van der Waals surface area contributed by atoms with Gasteiger partial charge in [-0.1, -0.05) is 23.5 Å². The molecule has 0 saturated carbocycles. The molecule has 1 aromatic heterocycles. The summed E-state index contributed by atoms with van der Waals surface area (Å²) in [6.45, 7) is 0. The van der Waals surface area contributed by atoms with Crippen LogP contribution in [0.25, 0.3) is 0 Å². The molecule has 1 aliphatic rings. The lowest BCUT2D eigenvalue weighted by Gasteiger charge is -2.08. The first-order valence-electron chi connectivity index (χ1n) is 4.10. The second kappa shape index (κ2) is 3.58. The standard InChI is InChI=1S/C10H11N2S/c1-11-8-10(13-9-11)12-6-4-2-3-5-7-12/h2-9H,1H3/q+1. The van der Waals surface area contributed by atoms with E-state index in [-0.39, 0.29) is 0 Å². The Morgan fingerprint density at radius 2 is 1.85 bits per heavy atom. The first kappa shape index (κ1) is 8.26. The highest BCUT2D eigenvalue weighted by atomic mass is 32.1. The largest absolute Gasteiger partial charge is 0.310 e. The second-order valence-electron chi connectivity index (χ2n) is 2.83. The van der Waals surface area contributed by atoms with Gasteiger partial charge >= 0.3 is 0 Å². The molecule has 0 bridgehead atoms. The molecule has 0 N–H and O–H groups in total. The van der Waals surface area contributed by atoms with Crippen molar-refractivity contribution >= 4 is 16.3 Å². The SMILES string of the molecule is C[n+]1csc(N2C=CC=CC=C2)c1. The van der Waals surface area contributed by atoms with E-state index in [0.29, 0.717) is 0 Å². The summed E-state index contributed by atoms with van der Waals surface area (Å²) in [5.41, 5.74) is 2.08. The molecule has 3 heteroatoms. The normalized spacial score (nSPS) is 15.0. The van der Waals surface area contributed by atoms with E-state index in [1.54, 1.807) is 11.3 Å². The summed E-state index contributed by atoms with van der Waals surface area (Å²) in [7, 11) is 2.03. The fourth-order valence-electron chi connectivity index (χ4n) is 1.11. The smallest absolute Gasteiger partial charge is 0.226 e. The third-order valence-corrected chi connectivity index (χ3v) is 2.73. The molecule has 0 saturated heterocycles. The van der Waals surface area contributed by atoms with Crippen LogP contribution in [0.1, 0.15) is 0 Å². The molecule has 2 heterocycles. The molecule has 0 amide bonds. The Kier molecular flexibility index (Phi) is 2.27. The fraction of sp³-hybridized carbons (Fsp3) is 0.100. The molecular formula is C10H11N2S+. The summed E-state index contributed by atoms with van der Waals surface area (Å²) in [6, 6.07) is 0. The van der Waals surface area contributed by atoms with Crippen molar-refractivity contribution < 1.29 is 4.57 Å². The predicted octanol–water partition coefficient (Wildman–Crippen LogP) is 1.98. The minimum atomic E-state index is 1.22. The highest BCUT2D eigenvalue weighted by Crippen LogP contribution is 2.19. The number of aryl methyl sites for hydroxylation is 1. The average molecular weight is 191 g/mol. The lowest BCUT2D eigenvalue weighted by molar-refractivity contribution is -0.666. The van der Waals surface area contributed by atoms with Gasteiger partial charge < -0.3 is 4.90 Å². The molecule has 1 aromatic rings. The van der Waals surface area contributed by atoms with Gasteiger partial charge in [-0.3, -0.25) is 0 Å². The van der Waals surface area contributed by atoms with Gasteiger partial charge in [-0.2, -0.15) is 4.57 Å². The van der Waals surface area contributed by atoms with E-state index in [1.807, 2.05) is 43.8 Å². The number of rotatable bonds is 1. The monoisotopic (exact) mass is 191 g/mol. The van der Waals surface area contributed by atoms with Gasteiger partial charge in [0.1, 0.15) is 7.05 Å². The van der Waals surface area contributed by atoms with E-state index >= 15 is 0 Å². The Bertz CT molecular complexity index is 358. The number of hydrogen-bond acceptors (Lipinski definition) is 2. The van der Waals surface area contributed by atoms with Crippen LogP contribution in [0, 0.1) is 0 Å². The van der Waals surface area contributed by atoms with Crippen LogP contribution < -0.4 is 9.47 Å². The Morgan fingerprint density at radius 3 is 2.38 bits per heavy atom. The first-order chi connectivity index (χ1) is 6.36. The zero-order chi connectivity index (χ0) is 9.10. The van der Waals surface area contributed by atoms with E-state index in [2.05, 4.69) is 21.2 Å². The minimum absolute atomic E-state index is 1.22. The maximum atomic E-state index is 2.10. The van der Waals surface area contributed by atoms with Crippen LogP contribution in [0.2, 0.25) is 0 Å².